The Bertz CT molecular complexity index is 398. The maximum atomic E-state index is 10.9. The van der Waals surface area contributed by atoms with Crippen molar-refractivity contribution in [3.8, 4) is 0 Å². The first-order valence-corrected chi connectivity index (χ1v) is 6.25. The Kier molecular flexibility index (Phi) is 3.69. The van der Waals surface area contributed by atoms with Crippen LogP contribution < -0.4 is 11.1 Å². The van der Waals surface area contributed by atoms with E-state index in [2.05, 4.69) is 17.4 Å². The summed E-state index contributed by atoms with van der Waals surface area (Å²) in [5.41, 5.74) is 6.53. The van der Waals surface area contributed by atoms with Gasteiger partial charge in [0.25, 0.3) is 0 Å². The molecule has 1 atom stereocenters. The molecule has 3 nitrogen and oxygen atoms in total. The average molecular weight is 253 g/mol. The lowest BCUT2D eigenvalue weighted by molar-refractivity contribution is -0.120. The molecule has 1 amide bonds. The molecule has 1 aromatic rings. The summed E-state index contributed by atoms with van der Waals surface area (Å²) < 4.78 is 0. The van der Waals surface area contributed by atoms with Crippen LogP contribution in [0, 0.1) is 0 Å². The number of carbonyl (C=O) groups is 1. The van der Waals surface area contributed by atoms with E-state index in [1.807, 2.05) is 12.1 Å². The minimum atomic E-state index is -0.292. The molecule has 1 aliphatic carbocycles. The zero-order chi connectivity index (χ0) is 12.4. The standard InChI is InChI=1S/C13H17ClN2O/c1-8(13(15)17)16-12-6-10(7-12)9-2-4-11(14)5-3-9/h2-5,8,10,12,16H,6-7H2,1H3,(H2,15,17). The van der Waals surface area contributed by atoms with Crippen molar-refractivity contribution < 1.29 is 4.79 Å². The van der Waals surface area contributed by atoms with Crippen LogP contribution in [-0.4, -0.2) is 18.0 Å². The van der Waals surface area contributed by atoms with Crippen molar-refractivity contribution in [2.75, 3.05) is 0 Å². The van der Waals surface area contributed by atoms with Crippen LogP contribution in [0.1, 0.15) is 31.2 Å². The Balaban J connectivity index is 1.83. The van der Waals surface area contributed by atoms with Gasteiger partial charge in [0.15, 0.2) is 0 Å². The maximum absolute atomic E-state index is 10.9. The lowest BCUT2D eigenvalue weighted by Crippen LogP contribution is -2.49. The first-order chi connectivity index (χ1) is 8.06. The highest BCUT2D eigenvalue weighted by atomic mass is 35.5. The van der Waals surface area contributed by atoms with Gasteiger partial charge < -0.3 is 11.1 Å². The van der Waals surface area contributed by atoms with Gasteiger partial charge in [0.1, 0.15) is 0 Å². The van der Waals surface area contributed by atoms with Gasteiger partial charge in [-0.15, -0.1) is 0 Å². The smallest absolute Gasteiger partial charge is 0.234 e. The monoisotopic (exact) mass is 252 g/mol. The molecule has 92 valence electrons. The normalized spacial score (nSPS) is 25.1. The Morgan fingerprint density at radius 2 is 2.00 bits per heavy atom. The predicted molar refractivity (Wildman–Crippen MR) is 69.0 cm³/mol. The molecular weight excluding hydrogens is 236 g/mol. The fourth-order valence-electron chi connectivity index (χ4n) is 2.20. The molecule has 1 unspecified atom stereocenters. The number of nitrogens with two attached hydrogens (primary N) is 1. The molecule has 0 saturated heterocycles. The van der Waals surface area contributed by atoms with Gasteiger partial charge in [0, 0.05) is 11.1 Å². The van der Waals surface area contributed by atoms with Crippen molar-refractivity contribution in [1.29, 1.82) is 0 Å². The van der Waals surface area contributed by atoms with Gasteiger partial charge in [0.05, 0.1) is 6.04 Å². The van der Waals surface area contributed by atoms with E-state index in [-0.39, 0.29) is 11.9 Å². The summed E-state index contributed by atoms with van der Waals surface area (Å²) in [7, 11) is 0. The fraction of sp³-hybridized carbons (Fsp3) is 0.462. The Morgan fingerprint density at radius 1 is 1.41 bits per heavy atom. The molecule has 1 aromatic carbocycles. The number of primary amides is 1. The number of amides is 1. The van der Waals surface area contributed by atoms with E-state index < -0.39 is 0 Å². The second-order valence-electron chi connectivity index (χ2n) is 4.71. The second kappa shape index (κ2) is 5.07. The zero-order valence-corrected chi connectivity index (χ0v) is 10.6. The van der Waals surface area contributed by atoms with Crippen LogP contribution in [-0.2, 0) is 4.79 Å². The summed E-state index contributed by atoms with van der Waals surface area (Å²) in [6.45, 7) is 1.80. The number of benzene rings is 1. The van der Waals surface area contributed by atoms with E-state index in [1.54, 1.807) is 6.92 Å². The third-order valence-corrected chi connectivity index (χ3v) is 3.64. The van der Waals surface area contributed by atoms with E-state index in [0.29, 0.717) is 12.0 Å². The largest absolute Gasteiger partial charge is 0.368 e. The van der Waals surface area contributed by atoms with Crippen molar-refractivity contribution in [1.82, 2.24) is 5.32 Å². The minimum Gasteiger partial charge on any atom is -0.368 e. The van der Waals surface area contributed by atoms with Crippen LogP contribution in [0.25, 0.3) is 0 Å². The lowest BCUT2D eigenvalue weighted by atomic mass is 9.75. The molecule has 3 N–H and O–H groups in total. The van der Waals surface area contributed by atoms with E-state index in [4.69, 9.17) is 17.3 Å². The predicted octanol–water partition coefficient (Wildman–Crippen LogP) is 2.05. The molecule has 0 aliphatic heterocycles. The molecule has 1 saturated carbocycles. The van der Waals surface area contributed by atoms with Crippen molar-refractivity contribution in [2.45, 2.75) is 37.8 Å². The van der Waals surface area contributed by atoms with Gasteiger partial charge in [-0.2, -0.15) is 0 Å². The molecule has 1 aliphatic rings. The molecule has 1 fully saturated rings. The first kappa shape index (κ1) is 12.4. The molecule has 0 bridgehead atoms. The van der Waals surface area contributed by atoms with Crippen molar-refractivity contribution in [3.63, 3.8) is 0 Å². The van der Waals surface area contributed by atoms with E-state index in [1.165, 1.54) is 5.56 Å². The number of carbonyl (C=O) groups excluding carboxylic acids is 1. The summed E-state index contributed by atoms with van der Waals surface area (Å²) in [4.78, 5) is 10.9. The van der Waals surface area contributed by atoms with Gasteiger partial charge in [-0.1, -0.05) is 23.7 Å². The lowest BCUT2D eigenvalue weighted by Gasteiger charge is -2.37. The summed E-state index contributed by atoms with van der Waals surface area (Å²) in [6, 6.07) is 8.14. The molecule has 0 spiro atoms. The van der Waals surface area contributed by atoms with Gasteiger partial charge >= 0.3 is 0 Å². The van der Waals surface area contributed by atoms with Crippen molar-refractivity contribution in [2.24, 2.45) is 5.73 Å². The third-order valence-electron chi connectivity index (χ3n) is 3.39. The van der Waals surface area contributed by atoms with Gasteiger partial charge in [-0.25, -0.2) is 0 Å². The van der Waals surface area contributed by atoms with Crippen molar-refractivity contribution >= 4 is 17.5 Å². The average Bonchev–Trinajstić information content (AvgIpc) is 2.24. The SMILES string of the molecule is CC(NC1CC(c2ccc(Cl)cc2)C1)C(N)=O. The highest BCUT2D eigenvalue weighted by molar-refractivity contribution is 6.30. The highest BCUT2D eigenvalue weighted by Gasteiger charge is 2.31. The van der Waals surface area contributed by atoms with Crippen LogP contribution >= 0.6 is 11.6 Å². The number of hydrogen-bond donors (Lipinski definition) is 2. The Labute approximate surface area is 106 Å². The number of rotatable bonds is 4. The zero-order valence-electron chi connectivity index (χ0n) is 9.82. The molecule has 0 radical (unpaired) electrons. The van der Waals surface area contributed by atoms with Gasteiger partial charge in [-0.05, 0) is 43.4 Å². The van der Waals surface area contributed by atoms with Crippen LogP contribution in [0.3, 0.4) is 0 Å². The topological polar surface area (TPSA) is 55.1 Å². The second-order valence-corrected chi connectivity index (χ2v) is 5.14. The van der Waals surface area contributed by atoms with E-state index in [0.717, 1.165) is 17.9 Å². The fourth-order valence-corrected chi connectivity index (χ4v) is 2.32. The maximum Gasteiger partial charge on any atom is 0.234 e. The van der Waals surface area contributed by atoms with E-state index in [9.17, 15) is 4.79 Å². The van der Waals surface area contributed by atoms with Crippen molar-refractivity contribution in [3.05, 3.63) is 34.9 Å². The summed E-state index contributed by atoms with van der Waals surface area (Å²) >= 11 is 5.85. The molecule has 4 heteroatoms. The van der Waals surface area contributed by atoms with Crippen LogP contribution in [0.2, 0.25) is 5.02 Å². The molecule has 0 heterocycles. The van der Waals surface area contributed by atoms with E-state index >= 15 is 0 Å². The Hall–Kier alpha value is -1.06. The van der Waals surface area contributed by atoms with Crippen LogP contribution in [0.4, 0.5) is 0 Å². The minimum absolute atomic E-state index is 0.244. The number of nitrogens with one attached hydrogen (secondary N) is 1. The van der Waals surface area contributed by atoms with Crippen LogP contribution in [0.15, 0.2) is 24.3 Å². The van der Waals surface area contributed by atoms with Gasteiger partial charge in [0.2, 0.25) is 5.91 Å². The molecule has 2 rings (SSSR count). The quantitative estimate of drug-likeness (QED) is 0.862. The van der Waals surface area contributed by atoms with Gasteiger partial charge in [-0.3, -0.25) is 4.79 Å². The summed E-state index contributed by atoms with van der Waals surface area (Å²) in [5.74, 6) is 0.282. The molecule has 17 heavy (non-hydrogen) atoms. The third kappa shape index (κ3) is 2.99. The van der Waals surface area contributed by atoms with Crippen LogP contribution in [0.5, 0.6) is 0 Å². The molecule has 0 aromatic heterocycles. The number of halogens is 1. The summed E-state index contributed by atoms with van der Waals surface area (Å²) in [5, 5.41) is 3.99. The first-order valence-electron chi connectivity index (χ1n) is 5.87. The molecular formula is C13H17ClN2O. The highest BCUT2D eigenvalue weighted by Crippen LogP contribution is 2.37. The Morgan fingerprint density at radius 3 is 2.53 bits per heavy atom. The number of hydrogen-bond acceptors (Lipinski definition) is 2. The summed E-state index contributed by atoms with van der Waals surface area (Å²) in [6.07, 6.45) is 2.11.